The van der Waals surface area contributed by atoms with Crippen molar-refractivity contribution in [2.24, 2.45) is 22.2 Å². The Balaban J connectivity index is 2.16. The highest BCUT2D eigenvalue weighted by Gasteiger charge is 2.28. The number of carbonyl (C=O) groups is 4. The van der Waals surface area contributed by atoms with E-state index in [0.717, 1.165) is 5.56 Å². The number of guanidine groups is 1. The molecule has 0 radical (unpaired) electrons. The molecular weight excluding hydrogens is 506 g/mol. The molecule has 0 aliphatic rings. The van der Waals surface area contributed by atoms with Gasteiger partial charge in [-0.2, -0.15) is 0 Å². The number of nitrogens with one attached hydrogen (secondary N) is 3. The van der Waals surface area contributed by atoms with Crippen molar-refractivity contribution in [3.05, 3.63) is 65.7 Å². The van der Waals surface area contributed by atoms with Crippen LogP contribution in [0.1, 0.15) is 24.0 Å². The number of phenolic OH excluding ortho intramolecular Hbond substituents is 1. The number of phenols is 1. The largest absolute Gasteiger partial charge is 0.508 e. The van der Waals surface area contributed by atoms with E-state index in [9.17, 15) is 24.3 Å². The van der Waals surface area contributed by atoms with Crippen molar-refractivity contribution in [3.8, 4) is 5.75 Å². The molecule has 39 heavy (non-hydrogen) atoms. The number of hydrogen-bond acceptors (Lipinski definition) is 7. The fourth-order valence-electron chi connectivity index (χ4n) is 3.65. The van der Waals surface area contributed by atoms with Gasteiger partial charge < -0.3 is 43.4 Å². The lowest BCUT2D eigenvalue weighted by Crippen LogP contribution is -2.56. The number of nitrogens with two attached hydrogens (primary N) is 3. The summed E-state index contributed by atoms with van der Waals surface area (Å²) in [6.45, 7) is -0.418. The Bertz CT molecular complexity index is 1140. The first-order chi connectivity index (χ1) is 18.5. The summed E-state index contributed by atoms with van der Waals surface area (Å²) in [6.07, 6.45) is 0.711. The number of hydrogen-bond donors (Lipinski definition) is 8. The summed E-state index contributed by atoms with van der Waals surface area (Å²) < 4.78 is 0. The summed E-state index contributed by atoms with van der Waals surface area (Å²) in [7, 11) is 0. The number of rotatable bonds is 15. The van der Waals surface area contributed by atoms with Crippen LogP contribution in [0.3, 0.4) is 0 Å². The minimum atomic E-state index is -1.24. The molecule has 0 spiro atoms. The van der Waals surface area contributed by atoms with Crippen LogP contribution >= 0.6 is 0 Å². The Morgan fingerprint density at radius 3 is 2.05 bits per heavy atom. The number of amides is 3. The molecule has 13 nitrogen and oxygen atoms in total. The van der Waals surface area contributed by atoms with Gasteiger partial charge in [0.15, 0.2) is 5.96 Å². The number of benzene rings is 2. The number of carbonyl (C=O) groups excluding carboxylic acids is 3. The van der Waals surface area contributed by atoms with Crippen molar-refractivity contribution in [2.45, 2.75) is 43.8 Å². The van der Waals surface area contributed by atoms with E-state index in [0.29, 0.717) is 12.0 Å². The summed E-state index contributed by atoms with van der Waals surface area (Å²) >= 11 is 0. The van der Waals surface area contributed by atoms with Crippen molar-refractivity contribution in [3.63, 3.8) is 0 Å². The van der Waals surface area contributed by atoms with Crippen LogP contribution in [0.15, 0.2) is 59.6 Å². The highest BCUT2D eigenvalue weighted by atomic mass is 16.4. The van der Waals surface area contributed by atoms with Gasteiger partial charge in [0.1, 0.15) is 24.4 Å². The second-order valence-electron chi connectivity index (χ2n) is 8.85. The van der Waals surface area contributed by atoms with E-state index in [1.807, 2.05) is 0 Å². The molecule has 0 aliphatic heterocycles. The molecule has 2 aromatic rings. The van der Waals surface area contributed by atoms with Crippen LogP contribution in [0.4, 0.5) is 0 Å². The molecular formula is C26H35N7O6. The lowest BCUT2D eigenvalue weighted by atomic mass is 10.0. The molecule has 11 N–H and O–H groups in total. The smallest absolute Gasteiger partial charge is 0.322 e. The number of aliphatic carboxylic acids is 1. The molecule has 0 heterocycles. The van der Waals surface area contributed by atoms with Crippen LogP contribution in [0, 0.1) is 0 Å². The molecule has 0 aliphatic carbocycles. The maximum absolute atomic E-state index is 13.3. The van der Waals surface area contributed by atoms with E-state index >= 15 is 0 Å². The molecule has 3 atom stereocenters. The molecule has 0 aromatic heterocycles. The third-order valence-electron chi connectivity index (χ3n) is 5.64. The normalized spacial score (nSPS) is 12.8. The van der Waals surface area contributed by atoms with Gasteiger partial charge in [-0.25, -0.2) is 0 Å². The molecule has 0 fully saturated rings. The molecule has 13 heteroatoms. The SMILES string of the molecule is NC(N)=NCCC[C@H](NC(=O)[C@@H](N)Cc1ccc(O)cc1)C(=O)N[C@@H](Cc1ccccc1)C(=O)NCC(=O)O. The summed E-state index contributed by atoms with van der Waals surface area (Å²) in [4.78, 5) is 53.7. The number of carboxylic acid groups (broad SMARTS) is 1. The second kappa shape index (κ2) is 15.6. The fourth-order valence-corrected chi connectivity index (χ4v) is 3.65. The van der Waals surface area contributed by atoms with Crippen molar-refractivity contribution >= 4 is 29.7 Å². The summed E-state index contributed by atoms with van der Waals surface area (Å²) in [6, 6.07) is 11.9. The molecule has 2 aromatic carbocycles. The molecule has 0 saturated carbocycles. The highest BCUT2D eigenvalue weighted by Crippen LogP contribution is 2.11. The average molecular weight is 542 g/mol. The van der Waals surface area contributed by atoms with Crippen LogP contribution in [-0.2, 0) is 32.0 Å². The standard InChI is InChI=1S/C26H35N7O6/c27-19(13-17-8-10-18(34)11-9-17)23(37)32-20(7-4-12-30-26(28)29)25(39)33-21(24(38)31-15-22(35)36)14-16-5-2-1-3-6-16/h1-3,5-6,8-11,19-21,34H,4,7,12-15,27H2,(H,31,38)(H,32,37)(H,33,39)(H,35,36)(H4,28,29,30)/t19-,20-,21-/m0/s1. The monoisotopic (exact) mass is 541 g/mol. The predicted octanol–water partition coefficient (Wildman–Crippen LogP) is -1.27. The van der Waals surface area contributed by atoms with Gasteiger partial charge in [-0.1, -0.05) is 42.5 Å². The van der Waals surface area contributed by atoms with Crippen LogP contribution < -0.4 is 33.2 Å². The zero-order valence-electron chi connectivity index (χ0n) is 21.4. The van der Waals surface area contributed by atoms with E-state index in [-0.39, 0.29) is 37.5 Å². The molecule has 0 saturated heterocycles. The zero-order valence-corrected chi connectivity index (χ0v) is 21.4. The van der Waals surface area contributed by atoms with Gasteiger partial charge in [-0.15, -0.1) is 0 Å². The van der Waals surface area contributed by atoms with Crippen molar-refractivity contribution in [1.82, 2.24) is 16.0 Å². The van der Waals surface area contributed by atoms with Crippen molar-refractivity contribution < 1.29 is 29.4 Å². The van der Waals surface area contributed by atoms with Gasteiger partial charge >= 0.3 is 5.97 Å². The van der Waals surface area contributed by atoms with E-state index in [1.54, 1.807) is 42.5 Å². The summed E-state index contributed by atoms with van der Waals surface area (Å²) in [5, 5.41) is 25.9. The molecule has 210 valence electrons. The van der Waals surface area contributed by atoms with Crippen molar-refractivity contribution in [1.29, 1.82) is 0 Å². The topological polar surface area (TPSA) is 235 Å². The average Bonchev–Trinajstić information content (AvgIpc) is 2.90. The van der Waals surface area contributed by atoms with Crippen LogP contribution in [-0.4, -0.2) is 71.1 Å². The Morgan fingerprint density at radius 2 is 1.44 bits per heavy atom. The summed E-state index contributed by atoms with van der Waals surface area (Å²) in [5.41, 5.74) is 18.2. The van der Waals surface area contributed by atoms with Gasteiger partial charge in [-0.3, -0.25) is 24.2 Å². The van der Waals surface area contributed by atoms with E-state index in [1.165, 1.54) is 12.1 Å². The molecule has 0 unspecified atom stereocenters. The minimum absolute atomic E-state index is 0.0757. The number of carboxylic acids is 1. The molecule has 2 rings (SSSR count). The van der Waals surface area contributed by atoms with Gasteiger partial charge in [0.25, 0.3) is 0 Å². The first-order valence-electron chi connectivity index (χ1n) is 12.3. The Morgan fingerprint density at radius 1 is 0.821 bits per heavy atom. The summed E-state index contributed by atoms with van der Waals surface area (Å²) in [5.74, 6) is -3.22. The van der Waals surface area contributed by atoms with Gasteiger partial charge in [-0.05, 0) is 42.5 Å². The maximum Gasteiger partial charge on any atom is 0.322 e. The van der Waals surface area contributed by atoms with Crippen molar-refractivity contribution in [2.75, 3.05) is 13.1 Å². The number of aromatic hydroxyl groups is 1. The van der Waals surface area contributed by atoms with Gasteiger partial charge in [0, 0.05) is 13.0 Å². The Labute approximate surface area is 225 Å². The quantitative estimate of drug-likeness (QED) is 0.0761. The second-order valence-corrected chi connectivity index (χ2v) is 8.85. The Kier molecular flexibility index (Phi) is 12.2. The van der Waals surface area contributed by atoms with Gasteiger partial charge in [0.05, 0.1) is 6.04 Å². The molecule has 3 amide bonds. The van der Waals surface area contributed by atoms with Crippen LogP contribution in [0.2, 0.25) is 0 Å². The number of aliphatic imine (C=N–C) groups is 1. The zero-order chi connectivity index (χ0) is 28.8. The first-order valence-corrected chi connectivity index (χ1v) is 12.3. The van der Waals surface area contributed by atoms with E-state index in [4.69, 9.17) is 22.3 Å². The Hall–Kier alpha value is -4.65. The minimum Gasteiger partial charge on any atom is -0.508 e. The first kappa shape index (κ1) is 30.6. The fraction of sp³-hybridized carbons (Fsp3) is 0.346. The van der Waals surface area contributed by atoms with Gasteiger partial charge in [0.2, 0.25) is 17.7 Å². The number of nitrogens with zero attached hydrogens (tertiary/aromatic N) is 1. The third-order valence-corrected chi connectivity index (χ3v) is 5.64. The van der Waals surface area contributed by atoms with E-state index < -0.39 is 48.4 Å². The third kappa shape index (κ3) is 11.5. The maximum atomic E-state index is 13.3. The lowest BCUT2D eigenvalue weighted by molar-refractivity contribution is -0.138. The van der Waals surface area contributed by atoms with Crippen LogP contribution in [0.25, 0.3) is 0 Å². The molecule has 0 bridgehead atoms. The lowest BCUT2D eigenvalue weighted by Gasteiger charge is -2.24. The van der Waals surface area contributed by atoms with Crippen LogP contribution in [0.5, 0.6) is 5.75 Å². The highest BCUT2D eigenvalue weighted by molar-refractivity contribution is 5.93. The predicted molar refractivity (Wildman–Crippen MR) is 144 cm³/mol. The van der Waals surface area contributed by atoms with E-state index in [2.05, 4.69) is 20.9 Å².